The zero-order chi connectivity index (χ0) is 20.0. The Morgan fingerprint density at radius 2 is 1.89 bits per heavy atom. The van der Waals surface area contributed by atoms with Crippen LogP contribution in [0.1, 0.15) is 57.4 Å². The molecule has 5 nitrogen and oxygen atoms in total. The molecule has 1 saturated carbocycles. The summed E-state index contributed by atoms with van der Waals surface area (Å²) in [7, 11) is 0. The zero-order valence-corrected chi connectivity index (χ0v) is 17.6. The van der Waals surface area contributed by atoms with Gasteiger partial charge in [-0.3, -0.25) is 0 Å². The van der Waals surface area contributed by atoms with Crippen LogP contribution < -0.4 is 15.8 Å². The molecule has 0 aliphatic heterocycles. The van der Waals surface area contributed by atoms with Crippen LogP contribution in [0, 0.1) is 5.92 Å². The van der Waals surface area contributed by atoms with Crippen LogP contribution in [0.15, 0.2) is 24.3 Å². The average Bonchev–Trinajstić information content (AvgIpc) is 2.72. The van der Waals surface area contributed by atoms with Crippen molar-refractivity contribution in [1.82, 2.24) is 5.32 Å². The van der Waals surface area contributed by atoms with Gasteiger partial charge in [-0.1, -0.05) is 44.2 Å². The lowest BCUT2D eigenvalue weighted by Crippen LogP contribution is -2.43. The fraction of sp³-hybridized carbons (Fsp3) is 0.739. The molecule has 1 aliphatic carbocycles. The summed E-state index contributed by atoms with van der Waals surface area (Å²) in [6, 6.07) is 8.16. The topological polar surface area (TPSA) is 76.7 Å². The van der Waals surface area contributed by atoms with E-state index >= 15 is 0 Å². The third-order valence-electron chi connectivity index (χ3n) is 5.62. The standard InChI is InChI=1S/C23H40N2O3/c1-2-27-15-16-28-21-12-10-19(11-13-21)9-6-14-25-18-23(26)22(24)17-20-7-4-3-5-8-20/h10-13,20,22-23,25-26H,2-9,14-18,24H2,1H3/t22-,23-/m0/s1. The summed E-state index contributed by atoms with van der Waals surface area (Å²) >= 11 is 0. The minimum absolute atomic E-state index is 0.106. The van der Waals surface area contributed by atoms with E-state index in [1.54, 1.807) is 0 Å². The summed E-state index contributed by atoms with van der Waals surface area (Å²) in [5, 5.41) is 13.6. The quantitative estimate of drug-likeness (QED) is 0.424. The van der Waals surface area contributed by atoms with E-state index in [9.17, 15) is 5.11 Å². The van der Waals surface area contributed by atoms with Gasteiger partial charge in [-0.2, -0.15) is 0 Å². The van der Waals surface area contributed by atoms with Crippen molar-refractivity contribution >= 4 is 0 Å². The molecule has 2 rings (SSSR count). The van der Waals surface area contributed by atoms with Gasteiger partial charge in [0.1, 0.15) is 12.4 Å². The molecule has 1 aliphatic rings. The van der Waals surface area contributed by atoms with Gasteiger partial charge in [-0.15, -0.1) is 0 Å². The SMILES string of the molecule is CCOCCOc1ccc(CCCNC[C@H](O)[C@@H](N)CC2CCCCC2)cc1. The smallest absolute Gasteiger partial charge is 0.119 e. The maximum atomic E-state index is 10.3. The molecule has 1 aromatic carbocycles. The van der Waals surface area contributed by atoms with E-state index in [0.29, 0.717) is 25.7 Å². The summed E-state index contributed by atoms with van der Waals surface area (Å²) in [4.78, 5) is 0. The van der Waals surface area contributed by atoms with Gasteiger partial charge in [-0.05, 0) is 56.3 Å². The molecule has 0 unspecified atom stereocenters. The molecule has 1 fully saturated rings. The van der Waals surface area contributed by atoms with Crippen molar-refractivity contribution in [2.24, 2.45) is 11.7 Å². The molecule has 2 atom stereocenters. The van der Waals surface area contributed by atoms with Gasteiger partial charge >= 0.3 is 0 Å². The van der Waals surface area contributed by atoms with Crippen LogP contribution in [0.25, 0.3) is 0 Å². The van der Waals surface area contributed by atoms with Gasteiger partial charge in [-0.25, -0.2) is 0 Å². The first-order valence-electron chi connectivity index (χ1n) is 11.1. The van der Waals surface area contributed by atoms with Crippen LogP contribution >= 0.6 is 0 Å². The first-order valence-corrected chi connectivity index (χ1v) is 11.1. The highest BCUT2D eigenvalue weighted by Crippen LogP contribution is 2.27. The van der Waals surface area contributed by atoms with E-state index in [2.05, 4.69) is 17.4 Å². The monoisotopic (exact) mass is 392 g/mol. The lowest BCUT2D eigenvalue weighted by Gasteiger charge is -2.27. The fourth-order valence-electron chi connectivity index (χ4n) is 3.90. The van der Waals surface area contributed by atoms with Crippen molar-refractivity contribution in [3.63, 3.8) is 0 Å². The molecule has 1 aromatic rings. The molecule has 0 amide bonds. The van der Waals surface area contributed by atoms with E-state index in [4.69, 9.17) is 15.2 Å². The largest absolute Gasteiger partial charge is 0.491 e. The first kappa shape index (κ1) is 23.1. The van der Waals surface area contributed by atoms with Gasteiger partial charge in [0, 0.05) is 19.2 Å². The Hall–Kier alpha value is -1.14. The maximum absolute atomic E-state index is 10.3. The highest BCUT2D eigenvalue weighted by Gasteiger charge is 2.21. The Morgan fingerprint density at radius 3 is 2.61 bits per heavy atom. The number of nitrogens with two attached hydrogens (primary N) is 1. The Kier molecular flexibility index (Phi) is 11.5. The van der Waals surface area contributed by atoms with Crippen molar-refractivity contribution in [2.45, 2.75) is 70.4 Å². The molecule has 0 heterocycles. The van der Waals surface area contributed by atoms with Gasteiger partial charge < -0.3 is 25.6 Å². The molecular weight excluding hydrogens is 352 g/mol. The average molecular weight is 393 g/mol. The second kappa shape index (κ2) is 13.9. The molecule has 5 heteroatoms. The summed E-state index contributed by atoms with van der Waals surface area (Å²) in [5.74, 6) is 1.60. The number of aryl methyl sites for hydroxylation is 1. The number of aliphatic hydroxyl groups is 1. The van der Waals surface area contributed by atoms with E-state index in [1.165, 1.54) is 37.7 Å². The van der Waals surface area contributed by atoms with E-state index in [-0.39, 0.29) is 6.04 Å². The van der Waals surface area contributed by atoms with E-state index in [0.717, 1.165) is 38.2 Å². The van der Waals surface area contributed by atoms with Gasteiger partial charge in [0.15, 0.2) is 0 Å². The van der Waals surface area contributed by atoms with Gasteiger partial charge in [0.2, 0.25) is 0 Å². The van der Waals surface area contributed by atoms with Crippen molar-refractivity contribution < 1.29 is 14.6 Å². The van der Waals surface area contributed by atoms with Crippen LogP contribution in [0.5, 0.6) is 5.75 Å². The predicted octanol–water partition coefficient (Wildman–Crippen LogP) is 3.28. The van der Waals surface area contributed by atoms with Crippen molar-refractivity contribution in [2.75, 3.05) is 32.9 Å². The summed E-state index contributed by atoms with van der Waals surface area (Å²) < 4.78 is 10.9. The number of hydrogen-bond donors (Lipinski definition) is 3. The molecule has 0 bridgehead atoms. The number of nitrogens with one attached hydrogen (secondary N) is 1. The molecule has 0 spiro atoms. The van der Waals surface area contributed by atoms with Gasteiger partial charge in [0.25, 0.3) is 0 Å². The lowest BCUT2D eigenvalue weighted by atomic mass is 9.84. The number of benzene rings is 1. The molecule has 0 saturated heterocycles. The molecule has 28 heavy (non-hydrogen) atoms. The first-order chi connectivity index (χ1) is 13.7. The maximum Gasteiger partial charge on any atom is 0.119 e. The highest BCUT2D eigenvalue weighted by atomic mass is 16.5. The number of aliphatic hydroxyl groups excluding tert-OH is 1. The third-order valence-corrected chi connectivity index (χ3v) is 5.62. The lowest BCUT2D eigenvalue weighted by molar-refractivity contribution is 0.110. The zero-order valence-electron chi connectivity index (χ0n) is 17.6. The second-order valence-corrected chi connectivity index (χ2v) is 7.97. The Labute approximate surface area is 171 Å². The van der Waals surface area contributed by atoms with Gasteiger partial charge in [0.05, 0.1) is 12.7 Å². The minimum atomic E-state index is -0.449. The molecular formula is C23H40N2O3. The Morgan fingerprint density at radius 1 is 1.14 bits per heavy atom. The predicted molar refractivity (Wildman–Crippen MR) is 115 cm³/mol. The summed E-state index contributed by atoms with van der Waals surface area (Å²) in [5.41, 5.74) is 7.51. The van der Waals surface area contributed by atoms with Crippen LogP contribution in [0.4, 0.5) is 0 Å². The fourth-order valence-corrected chi connectivity index (χ4v) is 3.90. The van der Waals surface area contributed by atoms with Crippen LogP contribution in [0.2, 0.25) is 0 Å². The summed E-state index contributed by atoms with van der Waals surface area (Å²) in [6.07, 6.45) is 9.13. The minimum Gasteiger partial charge on any atom is -0.491 e. The Bertz CT molecular complexity index is 503. The van der Waals surface area contributed by atoms with E-state index < -0.39 is 6.10 Å². The molecule has 4 N–H and O–H groups in total. The number of rotatable bonds is 14. The second-order valence-electron chi connectivity index (χ2n) is 7.97. The molecule has 0 radical (unpaired) electrons. The third kappa shape index (κ3) is 9.37. The molecule has 160 valence electrons. The van der Waals surface area contributed by atoms with Crippen molar-refractivity contribution in [1.29, 1.82) is 0 Å². The van der Waals surface area contributed by atoms with Crippen LogP contribution in [0.3, 0.4) is 0 Å². The molecule has 0 aromatic heterocycles. The van der Waals surface area contributed by atoms with Crippen molar-refractivity contribution in [3.05, 3.63) is 29.8 Å². The van der Waals surface area contributed by atoms with Crippen molar-refractivity contribution in [3.8, 4) is 5.75 Å². The normalized spacial score (nSPS) is 17.4. The van der Waals surface area contributed by atoms with Crippen LogP contribution in [-0.2, 0) is 11.2 Å². The highest BCUT2D eigenvalue weighted by molar-refractivity contribution is 5.27. The van der Waals surface area contributed by atoms with E-state index in [1.807, 2.05) is 19.1 Å². The van der Waals surface area contributed by atoms with Crippen LogP contribution in [-0.4, -0.2) is 50.2 Å². The Balaban J connectivity index is 1.53. The summed E-state index contributed by atoms with van der Waals surface area (Å²) in [6.45, 7) is 5.39. The number of hydrogen-bond acceptors (Lipinski definition) is 5. The number of ether oxygens (including phenoxy) is 2.